The molecule has 3 heteroatoms. The number of carbonyl (C=O) groups excluding carboxylic acids is 1. The first-order chi connectivity index (χ1) is 8.42. The van der Waals surface area contributed by atoms with Crippen LogP contribution in [-0.4, -0.2) is 29.1 Å². The summed E-state index contributed by atoms with van der Waals surface area (Å²) in [7, 11) is 0. The van der Waals surface area contributed by atoms with Gasteiger partial charge in [0.2, 0.25) is 5.91 Å². The van der Waals surface area contributed by atoms with Crippen LogP contribution in [0.25, 0.3) is 0 Å². The Balaban J connectivity index is 2.90. The summed E-state index contributed by atoms with van der Waals surface area (Å²) < 4.78 is 0. The molecule has 0 spiro atoms. The van der Waals surface area contributed by atoms with Gasteiger partial charge < -0.3 is 4.90 Å². The van der Waals surface area contributed by atoms with Gasteiger partial charge in [-0.2, -0.15) is 0 Å². The predicted octanol–water partition coefficient (Wildman–Crippen LogP) is 3.00. The summed E-state index contributed by atoms with van der Waals surface area (Å²) >= 11 is 0. The number of hydrogen-bond acceptors (Lipinski definition) is 2. The van der Waals surface area contributed by atoms with Crippen molar-refractivity contribution in [3.05, 3.63) is 0 Å². The normalized spacial score (nSPS) is 26.4. The zero-order valence-electron chi connectivity index (χ0n) is 12.9. The molecule has 1 aliphatic heterocycles. The maximum atomic E-state index is 12.5. The predicted molar refractivity (Wildman–Crippen MR) is 76.2 cm³/mol. The maximum Gasteiger partial charge on any atom is 0.241 e. The summed E-state index contributed by atoms with van der Waals surface area (Å²) in [5.41, 5.74) is 0. The highest BCUT2D eigenvalue weighted by molar-refractivity contribution is 5.84. The Morgan fingerprint density at radius 3 is 2.22 bits per heavy atom. The number of rotatable bonds is 6. The second-order valence-corrected chi connectivity index (χ2v) is 6.24. The van der Waals surface area contributed by atoms with Gasteiger partial charge in [0.1, 0.15) is 0 Å². The molecule has 106 valence electrons. The highest BCUT2D eigenvalue weighted by Gasteiger charge is 2.41. The van der Waals surface area contributed by atoms with Crippen LogP contribution in [0.5, 0.6) is 0 Å². The molecule has 3 nitrogen and oxygen atoms in total. The molecule has 3 unspecified atom stereocenters. The minimum atomic E-state index is 0.0292. The van der Waals surface area contributed by atoms with Crippen LogP contribution < -0.4 is 5.32 Å². The molecule has 1 amide bonds. The average molecular weight is 254 g/mol. The number of hydrogen-bond donors (Lipinski definition) is 1. The van der Waals surface area contributed by atoms with Crippen molar-refractivity contribution in [3.63, 3.8) is 0 Å². The first-order valence-corrected chi connectivity index (χ1v) is 7.50. The minimum absolute atomic E-state index is 0.0292. The summed E-state index contributed by atoms with van der Waals surface area (Å²) in [6, 6.07) is 0.395. The van der Waals surface area contributed by atoms with Gasteiger partial charge in [-0.05, 0) is 31.1 Å². The Morgan fingerprint density at radius 1 is 1.22 bits per heavy atom. The standard InChI is InChI=1S/C15H30N2O/c1-7-12-15(18)17(13(8-2)11(5)6)14(16-12)9-10(3)4/h10-14,16H,7-9H2,1-6H3. The van der Waals surface area contributed by atoms with Crippen molar-refractivity contribution in [2.75, 3.05) is 0 Å². The van der Waals surface area contributed by atoms with E-state index in [1.54, 1.807) is 0 Å². The van der Waals surface area contributed by atoms with Crippen LogP contribution in [0, 0.1) is 11.8 Å². The molecule has 1 rings (SSSR count). The summed E-state index contributed by atoms with van der Waals surface area (Å²) in [6.45, 7) is 13.1. The lowest BCUT2D eigenvalue weighted by atomic mass is 9.98. The number of carbonyl (C=O) groups is 1. The highest BCUT2D eigenvalue weighted by Crippen LogP contribution is 2.26. The Kier molecular flexibility index (Phi) is 5.64. The fourth-order valence-electron chi connectivity index (χ4n) is 3.02. The fourth-order valence-corrected chi connectivity index (χ4v) is 3.02. The second kappa shape index (κ2) is 6.55. The molecule has 1 fully saturated rings. The van der Waals surface area contributed by atoms with Crippen molar-refractivity contribution in [1.82, 2.24) is 10.2 Å². The average Bonchev–Trinajstić information content (AvgIpc) is 2.57. The molecular formula is C15H30N2O. The molecule has 0 aromatic rings. The topological polar surface area (TPSA) is 32.3 Å². The van der Waals surface area contributed by atoms with Gasteiger partial charge in [0, 0.05) is 6.04 Å². The van der Waals surface area contributed by atoms with Crippen LogP contribution in [0.4, 0.5) is 0 Å². The van der Waals surface area contributed by atoms with E-state index in [0.29, 0.717) is 23.8 Å². The molecule has 1 aliphatic rings. The number of nitrogens with one attached hydrogen (secondary N) is 1. The van der Waals surface area contributed by atoms with Crippen LogP contribution in [0.2, 0.25) is 0 Å². The van der Waals surface area contributed by atoms with E-state index in [1.165, 1.54) is 0 Å². The Bertz CT molecular complexity index is 276. The van der Waals surface area contributed by atoms with Crippen molar-refractivity contribution in [3.8, 4) is 0 Å². The Labute approximate surface area is 112 Å². The van der Waals surface area contributed by atoms with E-state index in [9.17, 15) is 4.79 Å². The molecule has 18 heavy (non-hydrogen) atoms. The van der Waals surface area contributed by atoms with E-state index in [-0.39, 0.29) is 12.2 Å². The summed E-state index contributed by atoms with van der Waals surface area (Å²) in [5.74, 6) is 1.44. The maximum absolute atomic E-state index is 12.5. The molecular weight excluding hydrogens is 224 g/mol. The second-order valence-electron chi connectivity index (χ2n) is 6.24. The lowest BCUT2D eigenvalue weighted by Crippen LogP contribution is -2.47. The zero-order valence-corrected chi connectivity index (χ0v) is 12.9. The third kappa shape index (κ3) is 3.25. The zero-order chi connectivity index (χ0) is 13.9. The number of amides is 1. The lowest BCUT2D eigenvalue weighted by molar-refractivity contribution is -0.133. The molecule has 0 radical (unpaired) electrons. The summed E-state index contributed by atoms with van der Waals surface area (Å²) in [6.07, 6.45) is 3.20. The third-order valence-electron chi connectivity index (χ3n) is 3.93. The summed E-state index contributed by atoms with van der Waals surface area (Å²) in [4.78, 5) is 14.6. The molecule has 1 heterocycles. The SMILES string of the molecule is CCC1NC(CC(C)C)N(C(CC)C(C)C)C1=O. The minimum Gasteiger partial charge on any atom is -0.323 e. The Hall–Kier alpha value is -0.570. The van der Waals surface area contributed by atoms with Gasteiger partial charge in [-0.25, -0.2) is 0 Å². The molecule has 0 bridgehead atoms. The van der Waals surface area contributed by atoms with Crippen LogP contribution in [-0.2, 0) is 4.79 Å². The van der Waals surface area contributed by atoms with E-state index in [0.717, 1.165) is 19.3 Å². The van der Waals surface area contributed by atoms with E-state index in [1.807, 2.05) is 0 Å². The van der Waals surface area contributed by atoms with Crippen LogP contribution >= 0.6 is 0 Å². The van der Waals surface area contributed by atoms with Gasteiger partial charge in [0.15, 0.2) is 0 Å². The van der Waals surface area contributed by atoms with Gasteiger partial charge in [-0.15, -0.1) is 0 Å². The first kappa shape index (κ1) is 15.5. The fraction of sp³-hybridized carbons (Fsp3) is 0.933. The van der Waals surface area contributed by atoms with Crippen LogP contribution in [0.1, 0.15) is 60.8 Å². The van der Waals surface area contributed by atoms with E-state index >= 15 is 0 Å². The largest absolute Gasteiger partial charge is 0.323 e. The monoisotopic (exact) mass is 254 g/mol. The third-order valence-corrected chi connectivity index (χ3v) is 3.93. The van der Waals surface area contributed by atoms with E-state index in [2.05, 4.69) is 51.8 Å². The van der Waals surface area contributed by atoms with Gasteiger partial charge in [-0.1, -0.05) is 41.5 Å². The molecule has 0 aromatic heterocycles. The molecule has 1 saturated heterocycles. The van der Waals surface area contributed by atoms with Gasteiger partial charge in [0.25, 0.3) is 0 Å². The molecule has 0 aromatic carbocycles. The molecule has 1 N–H and O–H groups in total. The van der Waals surface area contributed by atoms with Crippen LogP contribution in [0.3, 0.4) is 0 Å². The number of nitrogens with zero attached hydrogens (tertiary/aromatic N) is 1. The van der Waals surface area contributed by atoms with Gasteiger partial charge >= 0.3 is 0 Å². The molecule has 0 aliphatic carbocycles. The smallest absolute Gasteiger partial charge is 0.241 e. The molecule has 3 atom stereocenters. The quantitative estimate of drug-likeness (QED) is 0.790. The van der Waals surface area contributed by atoms with Crippen LogP contribution in [0.15, 0.2) is 0 Å². The summed E-state index contributed by atoms with van der Waals surface area (Å²) in [5, 5.41) is 3.52. The van der Waals surface area contributed by atoms with Crippen molar-refractivity contribution in [1.29, 1.82) is 0 Å². The van der Waals surface area contributed by atoms with Gasteiger partial charge in [0.05, 0.1) is 12.2 Å². The van der Waals surface area contributed by atoms with E-state index in [4.69, 9.17) is 0 Å². The van der Waals surface area contributed by atoms with Crippen molar-refractivity contribution in [2.45, 2.75) is 79.1 Å². The molecule has 0 saturated carbocycles. The van der Waals surface area contributed by atoms with E-state index < -0.39 is 0 Å². The van der Waals surface area contributed by atoms with Gasteiger partial charge in [-0.3, -0.25) is 10.1 Å². The highest BCUT2D eigenvalue weighted by atomic mass is 16.2. The lowest BCUT2D eigenvalue weighted by Gasteiger charge is -2.35. The first-order valence-electron chi connectivity index (χ1n) is 7.50. The van der Waals surface area contributed by atoms with Crippen molar-refractivity contribution < 1.29 is 4.79 Å². The van der Waals surface area contributed by atoms with Crippen molar-refractivity contribution in [2.24, 2.45) is 11.8 Å². The van der Waals surface area contributed by atoms with Crippen molar-refractivity contribution >= 4 is 5.91 Å². The Morgan fingerprint density at radius 2 is 1.83 bits per heavy atom.